The van der Waals surface area contributed by atoms with Crippen molar-refractivity contribution >= 4 is 17.6 Å². The molecular weight excluding hydrogens is 392 g/mol. The third-order valence-corrected chi connectivity index (χ3v) is 5.29. The van der Waals surface area contributed by atoms with Gasteiger partial charge in [-0.1, -0.05) is 12.1 Å². The number of carbonyl (C=O) groups excluding carboxylic acids is 1. The quantitative estimate of drug-likeness (QED) is 0.284. The largest absolute Gasteiger partial charge is 0.481 e. The summed E-state index contributed by atoms with van der Waals surface area (Å²) >= 11 is 0. The van der Waals surface area contributed by atoms with Crippen molar-refractivity contribution in [1.82, 2.24) is 4.90 Å². The van der Waals surface area contributed by atoms with Gasteiger partial charge in [0.05, 0.1) is 24.1 Å². The number of benzene rings is 1. The fourth-order valence-electron chi connectivity index (χ4n) is 3.71. The summed E-state index contributed by atoms with van der Waals surface area (Å²) in [4.78, 5) is 34.9. The molecule has 1 aliphatic rings. The number of non-ortho nitro benzene ring substituents is 1. The summed E-state index contributed by atoms with van der Waals surface area (Å²) in [6.45, 7) is 1.14. The zero-order chi connectivity index (χ0) is 21.9. The molecule has 0 saturated carbocycles. The van der Waals surface area contributed by atoms with E-state index in [0.717, 1.165) is 18.4 Å². The SMILES string of the molecule is O=C(O)CCOCCCN1C(=O)CCC[C@@H]1CCC(O)Cc1ccc([N+](=O)[O-])cc1. The van der Waals surface area contributed by atoms with Gasteiger partial charge in [0.1, 0.15) is 0 Å². The summed E-state index contributed by atoms with van der Waals surface area (Å²) < 4.78 is 5.29. The van der Waals surface area contributed by atoms with Crippen molar-refractivity contribution < 1.29 is 29.5 Å². The van der Waals surface area contributed by atoms with E-state index >= 15 is 0 Å². The summed E-state index contributed by atoms with van der Waals surface area (Å²) in [5.74, 6) is -0.782. The van der Waals surface area contributed by atoms with E-state index in [1.165, 1.54) is 12.1 Å². The van der Waals surface area contributed by atoms with E-state index < -0.39 is 17.0 Å². The molecule has 166 valence electrons. The van der Waals surface area contributed by atoms with E-state index in [2.05, 4.69) is 0 Å². The van der Waals surface area contributed by atoms with Gasteiger partial charge >= 0.3 is 5.97 Å². The number of aliphatic hydroxyl groups is 1. The number of nitro groups is 1. The summed E-state index contributed by atoms with van der Waals surface area (Å²) in [7, 11) is 0. The van der Waals surface area contributed by atoms with Crippen LogP contribution in [0.5, 0.6) is 0 Å². The molecule has 2 rings (SSSR count). The van der Waals surface area contributed by atoms with Crippen molar-refractivity contribution in [2.24, 2.45) is 0 Å². The lowest BCUT2D eigenvalue weighted by Crippen LogP contribution is -2.44. The molecule has 30 heavy (non-hydrogen) atoms. The maximum atomic E-state index is 12.3. The lowest BCUT2D eigenvalue weighted by Gasteiger charge is -2.36. The minimum Gasteiger partial charge on any atom is -0.481 e. The van der Waals surface area contributed by atoms with E-state index in [9.17, 15) is 24.8 Å². The van der Waals surface area contributed by atoms with E-state index in [-0.39, 0.29) is 30.7 Å². The molecule has 0 radical (unpaired) electrons. The predicted octanol–water partition coefficient (Wildman–Crippen LogP) is 2.54. The number of ether oxygens (including phenoxy) is 1. The molecule has 1 unspecified atom stereocenters. The Hall–Kier alpha value is -2.52. The van der Waals surface area contributed by atoms with E-state index in [1.54, 1.807) is 12.1 Å². The van der Waals surface area contributed by atoms with Gasteiger partial charge in [-0.3, -0.25) is 19.7 Å². The monoisotopic (exact) mass is 422 g/mol. The Morgan fingerprint density at radius 2 is 2.03 bits per heavy atom. The van der Waals surface area contributed by atoms with Gasteiger partial charge in [0.15, 0.2) is 0 Å². The molecule has 1 heterocycles. The molecule has 1 aliphatic heterocycles. The number of piperidine rings is 1. The van der Waals surface area contributed by atoms with Crippen LogP contribution in [0.4, 0.5) is 5.69 Å². The maximum Gasteiger partial charge on any atom is 0.305 e. The highest BCUT2D eigenvalue weighted by atomic mass is 16.6. The first-order chi connectivity index (χ1) is 14.4. The number of carboxylic acids is 1. The normalized spacial score (nSPS) is 17.7. The van der Waals surface area contributed by atoms with Crippen LogP contribution in [0.3, 0.4) is 0 Å². The van der Waals surface area contributed by atoms with Crippen LogP contribution in [-0.4, -0.2) is 63.8 Å². The minimum atomic E-state index is -0.895. The van der Waals surface area contributed by atoms with Gasteiger partial charge in [0, 0.05) is 37.7 Å². The van der Waals surface area contributed by atoms with Crippen LogP contribution >= 0.6 is 0 Å². The molecule has 1 aromatic rings. The number of hydrogen-bond acceptors (Lipinski definition) is 6. The van der Waals surface area contributed by atoms with Crippen LogP contribution in [0, 0.1) is 10.1 Å². The maximum absolute atomic E-state index is 12.3. The van der Waals surface area contributed by atoms with E-state index in [4.69, 9.17) is 9.84 Å². The number of nitro benzene ring substituents is 1. The zero-order valence-electron chi connectivity index (χ0n) is 17.1. The topological polar surface area (TPSA) is 130 Å². The van der Waals surface area contributed by atoms with Crippen molar-refractivity contribution in [3.05, 3.63) is 39.9 Å². The Morgan fingerprint density at radius 3 is 2.70 bits per heavy atom. The highest BCUT2D eigenvalue weighted by Gasteiger charge is 2.27. The van der Waals surface area contributed by atoms with Gasteiger partial charge in [0.2, 0.25) is 5.91 Å². The zero-order valence-corrected chi connectivity index (χ0v) is 17.1. The molecule has 0 spiro atoms. The standard InChI is InChI=1S/C21H30N2O7/c24-19(15-16-5-7-18(8-6-16)23(28)29)10-9-17-3-1-4-20(25)22(17)12-2-13-30-14-11-21(26)27/h5-8,17,19,24H,1-4,9-15H2,(H,26,27)/t17-,19?/m1/s1. The number of carboxylic acid groups (broad SMARTS) is 1. The number of aliphatic hydroxyl groups excluding tert-OH is 1. The third-order valence-electron chi connectivity index (χ3n) is 5.29. The average molecular weight is 422 g/mol. The molecule has 9 heteroatoms. The summed E-state index contributed by atoms with van der Waals surface area (Å²) in [6, 6.07) is 6.26. The predicted molar refractivity (Wildman–Crippen MR) is 109 cm³/mol. The second kappa shape index (κ2) is 12.2. The van der Waals surface area contributed by atoms with Crippen LogP contribution in [0.15, 0.2) is 24.3 Å². The number of rotatable bonds is 13. The van der Waals surface area contributed by atoms with Crippen molar-refractivity contribution in [2.75, 3.05) is 19.8 Å². The molecule has 2 N–H and O–H groups in total. The minimum absolute atomic E-state index is 0.0246. The first kappa shape index (κ1) is 23.8. The lowest BCUT2D eigenvalue weighted by molar-refractivity contribution is -0.384. The summed E-state index contributed by atoms with van der Waals surface area (Å²) in [5.41, 5.74) is 0.861. The number of hydrogen-bond donors (Lipinski definition) is 2. The van der Waals surface area contributed by atoms with Crippen LogP contribution in [0.25, 0.3) is 0 Å². The van der Waals surface area contributed by atoms with Crippen molar-refractivity contribution in [3.8, 4) is 0 Å². The molecule has 2 atom stereocenters. The molecule has 9 nitrogen and oxygen atoms in total. The third kappa shape index (κ3) is 8.08. The van der Waals surface area contributed by atoms with Crippen LogP contribution in [0.2, 0.25) is 0 Å². The summed E-state index contributed by atoms with van der Waals surface area (Å²) in [6.07, 6.45) is 3.96. The first-order valence-corrected chi connectivity index (χ1v) is 10.4. The fraction of sp³-hybridized carbons (Fsp3) is 0.619. The molecule has 0 aromatic heterocycles. The number of nitrogens with zero attached hydrogens (tertiary/aromatic N) is 2. The lowest BCUT2D eigenvalue weighted by atomic mass is 9.94. The van der Waals surface area contributed by atoms with Gasteiger partial charge in [-0.25, -0.2) is 0 Å². The van der Waals surface area contributed by atoms with Gasteiger partial charge in [-0.15, -0.1) is 0 Å². The Kier molecular flexibility index (Phi) is 9.69. The van der Waals surface area contributed by atoms with Crippen LogP contribution in [-0.2, 0) is 20.7 Å². The Bertz CT molecular complexity index is 708. The molecular formula is C21H30N2O7. The fourth-order valence-corrected chi connectivity index (χ4v) is 3.71. The molecule has 1 aromatic carbocycles. The highest BCUT2D eigenvalue weighted by Crippen LogP contribution is 2.23. The van der Waals surface area contributed by atoms with Crippen LogP contribution in [0.1, 0.15) is 50.5 Å². The second-order valence-electron chi connectivity index (χ2n) is 7.60. The first-order valence-electron chi connectivity index (χ1n) is 10.4. The average Bonchev–Trinajstić information content (AvgIpc) is 2.70. The highest BCUT2D eigenvalue weighted by molar-refractivity contribution is 5.77. The second-order valence-corrected chi connectivity index (χ2v) is 7.60. The van der Waals surface area contributed by atoms with E-state index in [1.807, 2.05) is 4.90 Å². The van der Waals surface area contributed by atoms with E-state index in [0.29, 0.717) is 45.3 Å². The van der Waals surface area contributed by atoms with Gasteiger partial charge in [-0.05, 0) is 44.1 Å². The number of likely N-dealkylation sites (tertiary alicyclic amines) is 1. The number of aliphatic carboxylic acids is 1. The number of carbonyl (C=O) groups is 2. The van der Waals surface area contributed by atoms with Crippen molar-refractivity contribution in [1.29, 1.82) is 0 Å². The summed E-state index contributed by atoms with van der Waals surface area (Å²) in [5, 5.41) is 29.7. The Morgan fingerprint density at radius 1 is 1.30 bits per heavy atom. The Balaban J connectivity index is 1.75. The molecule has 0 bridgehead atoms. The van der Waals surface area contributed by atoms with Crippen LogP contribution < -0.4 is 0 Å². The molecule has 0 aliphatic carbocycles. The smallest absolute Gasteiger partial charge is 0.305 e. The van der Waals surface area contributed by atoms with Gasteiger partial charge < -0.3 is 19.8 Å². The molecule has 1 saturated heterocycles. The van der Waals surface area contributed by atoms with Crippen molar-refractivity contribution in [2.45, 2.75) is 63.5 Å². The van der Waals surface area contributed by atoms with Gasteiger partial charge in [0.25, 0.3) is 5.69 Å². The number of amides is 1. The van der Waals surface area contributed by atoms with Crippen molar-refractivity contribution in [3.63, 3.8) is 0 Å². The van der Waals surface area contributed by atoms with Gasteiger partial charge in [-0.2, -0.15) is 0 Å². The molecule has 1 fully saturated rings. The molecule has 1 amide bonds. The Labute approximate surface area is 175 Å².